The van der Waals surface area contributed by atoms with Crippen molar-refractivity contribution in [3.05, 3.63) is 59.3 Å². The molecular formula is C16H16N2O3. The van der Waals surface area contributed by atoms with Gasteiger partial charge in [0.25, 0.3) is 0 Å². The van der Waals surface area contributed by atoms with Crippen molar-refractivity contribution in [3.8, 4) is 0 Å². The minimum absolute atomic E-state index is 0.0965. The number of aromatic carboxylic acids is 1. The molecule has 0 unspecified atom stereocenters. The van der Waals surface area contributed by atoms with Crippen LogP contribution in [0.25, 0.3) is 0 Å². The molecule has 2 N–H and O–H groups in total. The zero-order valence-electron chi connectivity index (χ0n) is 11.7. The number of carbonyl (C=O) groups is 2. The third-order valence-corrected chi connectivity index (χ3v) is 3.16. The number of nitrogens with zero attached hydrogens (tertiary/aromatic N) is 1. The molecule has 0 fully saturated rings. The van der Waals surface area contributed by atoms with E-state index in [1.54, 1.807) is 0 Å². The van der Waals surface area contributed by atoms with Crippen molar-refractivity contribution < 1.29 is 14.7 Å². The van der Waals surface area contributed by atoms with Crippen LogP contribution in [0.3, 0.4) is 0 Å². The Kier molecular flexibility index (Phi) is 4.66. The fourth-order valence-electron chi connectivity index (χ4n) is 1.98. The first kappa shape index (κ1) is 14.7. The van der Waals surface area contributed by atoms with Crippen molar-refractivity contribution in [2.45, 2.75) is 19.8 Å². The van der Waals surface area contributed by atoms with Crippen LogP contribution in [0.5, 0.6) is 0 Å². The highest BCUT2D eigenvalue weighted by atomic mass is 16.4. The van der Waals surface area contributed by atoms with Crippen LogP contribution in [0.1, 0.15) is 27.9 Å². The van der Waals surface area contributed by atoms with Crippen LogP contribution >= 0.6 is 0 Å². The summed E-state index contributed by atoms with van der Waals surface area (Å²) in [5, 5.41) is 11.5. The fraction of sp³-hybridized carbons (Fsp3) is 0.188. The number of carboxylic acids is 1. The lowest BCUT2D eigenvalue weighted by molar-refractivity contribution is -0.116. The second-order valence-electron chi connectivity index (χ2n) is 4.71. The Bertz CT molecular complexity index is 668. The Morgan fingerprint density at radius 1 is 1.24 bits per heavy atom. The number of rotatable bonds is 5. The summed E-state index contributed by atoms with van der Waals surface area (Å²) in [5.41, 5.74) is 2.37. The monoisotopic (exact) mass is 284 g/mol. The highest BCUT2D eigenvalue weighted by Crippen LogP contribution is 2.11. The molecule has 0 aliphatic carbocycles. The van der Waals surface area contributed by atoms with E-state index in [0.717, 1.165) is 11.1 Å². The normalized spacial score (nSPS) is 10.1. The zero-order valence-corrected chi connectivity index (χ0v) is 11.7. The van der Waals surface area contributed by atoms with Crippen LogP contribution in [-0.2, 0) is 11.2 Å². The van der Waals surface area contributed by atoms with Gasteiger partial charge in [-0.1, -0.05) is 24.3 Å². The maximum atomic E-state index is 11.9. The van der Waals surface area contributed by atoms with Gasteiger partial charge in [-0.15, -0.1) is 0 Å². The molecule has 0 spiro atoms. The van der Waals surface area contributed by atoms with Gasteiger partial charge in [0.15, 0.2) is 0 Å². The Morgan fingerprint density at radius 2 is 2.00 bits per heavy atom. The van der Waals surface area contributed by atoms with Crippen LogP contribution in [0.2, 0.25) is 0 Å². The number of anilines is 1. The molecular weight excluding hydrogens is 268 g/mol. The molecule has 2 aromatic rings. The van der Waals surface area contributed by atoms with Gasteiger partial charge in [0.05, 0.1) is 5.56 Å². The van der Waals surface area contributed by atoms with E-state index >= 15 is 0 Å². The van der Waals surface area contributed by atoms with Crippen molar-refractivity contribution in [2.24, 2.45) is 0 Å². The van der Waals surface area contributed by atoms with E-state index in [9.17, 15) is 9.59 Å². The first-order chi connectivity index (χ1) is 10.1. The number of nitrogens with one attached hydrogen (secondary N) is 1. The van der Waals surface area contributed by atoms with Gasteiger partial charge in [0.1, 0.15) is 5.82 Å². The third kappa shape index (κ3) is 4.14. The molecule has 1 heterocycles. The summed E-state index contributed by atoms with van der Waals surface area (Å²) in [4.78, 5) is 26.7. The predicted molar refractivity (Wildman–Crippen MR) is 79.3 cm³/mol. The third-order valence-electron chi connectivity index (χ3n) is 3.16. The van der Waals surface area contributed by atoms with Crippen LogP contribution in [0.4, 0.5) is 5.82 Å². The van der Waals surface area contributed by atoms with Gasteiger partial charge in [-0.25, -0.2) is 9.78 Å². The van der Waals surface area contributed by atoms with Gasteiger partial charge < -0.3 is 10.4 Å². The van der Waals surface area contributed by atoms with E-state index in [1.165, 1.54) is 18.3 Å². The van der Waals surface area contributed by atoms with Gasteiger partial charge >= 0.3 is 5.97 Å². The Hall–Kier alpha value is -2.69. The number of aromatic nitrogens is 1. The van der Waals surface area contributed by atoms with Crippen LogP contribution in [-0.4, -0.2) is 22.0 Å². The number of hydrogen-bond donors (Lipinski definition) is 2. The number of carbonyl (C=O) groups excluding carboxylic acids is 1. The molecule has 5 nitrogen and oxygen atoms in total. The number of amides is 1. The van der Waals surface area contributed by atoms with Crippen LogP contribution in [0.15, 0.2) is 42.6 Å². The zero-order chi connectivity index (χ0) is 15.2. The van der Waals surface area contributed by atoms with Gasteiger partial charge in [-0.3, -0.25) is 4.79 Å². The van der Waals surface area contributed by atoms with Crippen molar-refractivity contribution in [1.82, 2.24) is 4.98 Å². The molecule has 0 aliphatic heterocycles. The molecule has 5 heteroatoms. The largest absolute Gasteiger partial charge is 0.478 e. The fourth-order valence-corrected chi connectivity index (χ4v) is 1.98. The lowest BCUT2D eigenvalue weighted by atomic mass is 10.0. The van der Waals surface area contributed by atoms with Crippen LogP contribution < -0.4 is 5.32 Å². The van der Waals surface area contributed by atoms with E-state index in [4.69, 9.17) is 5.11 Å². The second kappa shape index (κ2) is 6.65. The van der Waals surface area contributed by atoms with E-state index in [1.807, 2.05) is 31.2 Å². The SMILES string of the molecule is Cc1ccccc1CCC(=O)Nc1cc(C(=O)O)ccn1. The van der Waals surface area contributed by atoms with Crippen molar-refractivity contribution in [1.29, 1.82) is 0 Å². The van der Waals surface area contributed by atoms with Gasteiger partial charge in [0, 0.05) is 12.6 Å². The van der Waals surface area contributed by atoms with E-state index in [2.05, 4.69) is 10.3 Å². The summed E-state index contributed by atoms with van der Waals surface area (Å²) in [6.07, 6.45) is 2.32. The topological polar surface area (TPSA) is 79.3 Å². The highest BCUT2D eigenvalue weighted by molar-refractivity contribution is 5.92. The first-order valence-electron chi connectivity index (χ1n) is 6.60. The maximum Gasteiger partial charge on any atom is 0.335 e. The standard InChI is InChI=1S/C16H16N2O3/c1-11-4-2-3-5-12(11)6-7-15(19)18-14-10-13(16(20)21)8-9-17-14/h2-5,8-10H,6-7H2,1H3,(H,20,21)(H,17,18,19). The average Bonchev–Trinajstić information content (AvgIpc) is 2.46. The van der Waals surface area contributed by atoms with Gasteiger partial charge in [0.2, 0.25) is 5.91 Å². The second-order valence-corrected chi connectivity index (χ2v) is 4.71. The summed E-state index contributed by atoms with van der Waals surface area (Å²) >= 11 is 0. The lowest BCUT2D eigenvalue weighted by Crippen LogP contribution is -2.14. The van der Waals surface area contributed by atoms with Gasteiger partial charge in [-0.2, -0.15) is 0 Å². The number of hydrogen-bond acceptors (Lipinski definition) is 3. The number of pyridine rings is 1. The molecule has 0 aliphatic rings. The molecule has 0 atom stereocenters. The highest BCUT2D eigenvalue weighted by Gasteiger charge is 2.08. The van der Waals surface area contributed by atoms with Crippen molar-refractivity contribution >= 4 is 17.7 Å². The van der Waals surface area contributed by atoms with E-state index in [-0.39, 0.29) is 17.3 Å². The quantitative estimate of drug-likeness (QED) is 0.884. The first-order valence-corrected chi connectivity index (χ1v) is 6.60. The van der Waals surface area contributed by atoms with E-state index in [0.29, 0.717) is 12.8 Å². The maximum absolute atomic E-state index is 11.9. The summed E-state index contributed by atoms with van der Waals surface area (Å²) in [5.74, 6) is -0.981. The van der Waals surface area contributed by atoms with E-state index < -0.39 is 5.97 Å². The minimum Gasteiger partial charge on any atom is -0.478 e. The Morgan fingerprint density at radius 3 is 2.71 bits per heavy atom. The molecule has 0 saturated carbocycles. The molecule has 1 amide bonds. The van der Waals surface area contributed by atoms with Crippen LogP contribution in [0, 0.1) is 6.92 Å². The molecule has 1 aromatic carbocycles. The minimum atomic E-state index is -1.05. The number of carboxylic acid groups (broad SMARTS) is 1. The van der Waals surface area contributed by atoms with Crippen molar-refractivity contribution in [2.75, 3.05) is 5.32 Å². The van der Waals surface area contributed by atoms with Crippen molar-refractivity contribution in [3.63, 3.8) is 0 Å². The molecule has 2 rings (SSSR count). The molecule has 21 heavy (non-hydrogen) atoms. The number of benzene rings is 1. The Labute approximate surface area is 122 Å². The smallest absolute Gasteiger partial charge is 0.335 e. The molecule has 0 bridgehead atoms. The molecule has 1 aromatic heterocycles. The molecule has 108 valence electrons. The summed E-state index contributed by atoms with van der Waals surface area (Å²) in [7, 11) is 0. The summed E-state index contributed by atoms with van der Waals surface area (Å²) in [6, 6.07) is 10.6. The lowest BCUT2D eigenvalue weighted by Gasteiger charge is -2.07. The number of aryl methyl sites for hydroxylation is 2. The van der Waals surface area contributed by atoms with Gasteiger partial charge in [-0.05, 0) is 36.6 Å². The summed E-state index contributed by atoms with van der Waals surface area (Å²) < 4.78 is 0. The molecule has 0 radical (unpaired) electrons. The molecule has 0 saturated heterocycles. The Balaban J connectivity index is 1.95. The summed E-state index contributed by atoms with van der Waals surface area (Å²) in [6.45, 7) is 2.01. The average molecular weight is 284 g/mol. The predicted octanol–water partition coefficient (Wildman–Crippen LogP) is 2.66.